The molecule has 0 aliphatic rings. The molecule has 0 spiro atoms. The predicted molar refractivity (Wildman–Crippen MR) is 99.4 cm³/mol. The molecular formula is C20H24N2O4. The molecule has 26 heavy (non-hydrogen) atoms. The molecule has 0 saturated heterocycles. The third kappa shape index (κ3) is 6.84. The number of benzene rings is 2. The molecule has 0 bridgehead atoms. The summed E-state index contributed by atoms with van der Waals surface area (Å²) in [6, 6.07) is 15.1. The molecular weight excluding hydrogens is 332 g/mol. The van der Waals surface area contributed by atoms with E-state index in [1.807, 2.05) is 43.3 Å². The fourth-order valence-corrected chi connectivity index (χ4v) is 2.21. The van der Waals surface area contributed by atoms with Gasteiger partial charge < -0.3 is 20.1 Å². The summed E-state index contributed by atoms with van der Waals surface area (Å²) in [4.78, 5) is 23.5. The summed E-state index contributed by atoms with van der Waals surface area (Å²) < 4.78 is 10.5. The first kappa shape index (κ1) is 19.3. The number of methoxy groups -OCH3 is 1. The summed E-state index contributed by atoms with van der Waals surface area (Å²) in [6.07, 6.45) is 0.709. The number of aryl methyl sites for hydroxylation is 1. The van der Waals surface area contributed by atoms with E-state index >= 15 is 0 Å². The van der Waals surface area contributed by atoms with E-state index in [4.69, 9.17) is 9.47 Å². The first-order valence-corrected chi connectivity index (χ1v) is 8.42. The molecule has 0 aromatic heterocycles. The SMILES string of the molecule is COc1ccc(CCNC(=O)CNC(=O)COc2ccc(C)cc2)cc1. The number of nitrogens with one attached hydrogen (secondary N) is 2. The maximum atomic E-state index is 11.8. The maximum absolute atomic E-state index is 11.8. The number of hydrogen-bond acceptors (Lipinski definition) is 4. The van der Waals surface area contributed by atoms with Crippen molar-refractivity contribution < 1.29 is 19.1 Å². The van der Waals surface area contributed by atoms with Crippen LogP contribution in [0.4, 0.5) is 0 Å². The lowest BCUT2D eigenvalue weighted by Gasteiger charge is -2.09. The monoisotopic (exact) mass is 356 g/mol. The Kier molecular flexibility index (Phi) is 7.49. The van der Waals surface area contributed by atoms with Gasteiger partial charge in [-0.15, -0.1) is 0 Å². The highest BCUT2D eigenvalue weighted by molar-refractivity contribution is 5.85. The van der Waals surface area contributed by atoms with Crippen LogP contribution in [0.5, 0.6) is 11.5 Å². The number of ether oxygens (including phenoxy) is 2. The highest BCUT2D eigenvalue weighted by Gasteiger charge is 2.06. The van der Waals surface area contributed by atoms with Gasteiger partial charge in [-0.2, -0.15) is 0 Å². The van der Waals surface area contributed by atoms with E-state index in [-0.39, 0.29) is 25.0 Å². The van der Waals surface area contributed by atoms with Crippen molar-refractivity contribution in [1.29, 1.82) is 0 Å². The smallest absolute Gasteiger partial charge is 0.258 e. The molecule has 0 aliphatic carbocycles. The van der Waals surface area contributed by atoms with Gasteiger partial charge in [-0.25, -0.2) is 0 Å². The Morgan fingerprint density at radius 2 is 1.54 bits per heavy atom. The van der Waals surface area contributed by atoms with Crippen LogP contribution < -0.4 is 20.1 Å². The largest absolute Gasteiger partial charge is 0.497 e. The minimum atomic E-state index is -0.337. The predicted octanol–water partition coefficient (Wildman–Crippen LogP) is 1.86. The number of hydrogen-bond donors (Lipinski definition) is 2. The molecule has 6 heteroatoms. The molecule has 0 unspecified atom stereocenters. The van der Waals surface area contributed by atoms with Crippen molar-refractivity contribution in [2.45, 2.75) is 13.3 Å². The standard InChI is InChI=1S/C20H24N2O4/c1-15-3-7-18(8-4-15)26-14-20(24)22-13-19(23)21-12-11-16-5-9-17(25-2)10-6-16/h3-10H,11-14H2,1-2H3,(H,21,23)(H,22,24). The van der Waals surface area contributed by atoms with E-state index in [1.54, 1.807) is 19.2 Å². The summed E-state index contributed by atoms with van der Waals surface area (Å²) in [5.74, 6) is 0.848. The van der Waals surface area contributed by atoms with Crippen molar-refractivity contribution in [2.24, 2.45) is 0 Å². The van der Waals surface area contributed by atoms with Crippen molar-refractivity contribution in [3.8, 4) is 11.5 Å². The molecule has 2 aromatic rings. The van der Waals surface area contributed by atoms with Crippen LogP contribution in [0.1, 0.15) is 11.1 Å². The molecule has 2 rings (SSSR count). The van der Waals surface area contributed by atoms with Crippen molar-refractivity contribution in [1.82, 2.24) is 10.6 Å². The molecule has 6 nitrogen and oxygen atoms in total. The molecule has 0 saturated carbocycles. The summed E-state index contributed by atoms with van der Waals surface area (Å²) in [7, 11) is 1.62. The van der Waals surface area contributed by atoms with Gasteiger partial charge in [0.2, 0.25) is 5.91 Å². The zero-order valence-corrected chi connectivity index (χ0v) is 15.1. The molecule has 0 heterocycles. The van der Waals surface area contributed by atoms with Gasteiger partial charge in [0.25, 0.3) is 5.91 Å². The number of amides is 2. The molecule has 138 valence electrons. The van der Waals surface area contributed by atoms with Gasteiger partial charge in [-0.1, -0.05) is 29.8 Å². The van der Waals surface area contributed by atoms with E-state index in [2.05, 4.69) is 10.6 Å². The minimum Gasteiger partial charge on any atom is -0.497 e. The second kappa shape index (κ2) is 10.1. The lowest BCUT2D eigenvalue weighted by molar-refractivity contribution is -0.127. The summed E-state index contributed by atoms with van der Waals surface area (Å²) in [5, 5.41) is 5.30. The van der Waals surface area contributed by atoms with Crippen molar-refractivity contribution >= 4 is 11.8 Å². The van der Waals surface area contributed by atoms with Crippen LogP contribution in [-0.4, -0.2) is 38.6 Å². The normalized spacial score (nSPS) is 10.1. The average Bonchev–Trinajstić information content (AvgIpc) is 2.66. The van der Waals surface area contributed by atoms with Crippen molar-refractivity contribution in [3.63, 3.8) is 0 Å². The van der Waals surface area contributed by atoms with Gasteiger partial charge in [0, 0.05) is 6.54 Å². The highest BCUT2D eigenvalue weighted by atomic mass is 16.5. The fraction of sp³-hybridized carbons (Fsp3) is 0.300. The van der Waals surface area contributed by atoms with Crippen molar-refractivity contribution in [3.05, 3.63) is 59.7 Å². The van der Waals surface area contributed by atoms with E-state index < -0.39 is 0 Å². The van der Waals surface area contributed by atoms with Gasteiger partial charge in [0.05, 0.1) is 13.7 Å². The second-order valence-electron chi connectivity index (χ2n) is 5.83. The summed E-state index contributed by atoms with van der Waals surface area (Å²) in [5.41, 5.74) is 2.22. The van der Waals surface area contributed by atoms with Crippen LogP contribution in [0, 0.1) is 6.92 Å². The Balaban J connectivity index is 1.60. The van der Waals surface area contributed by atoms with Gasteiger partial charge in [-0.3, -0.25) is 9.59 Å². The lowest BCUT2D eigenvalue weighted by atomic mass is 10.1. The number of carbonyl (C=O) groups excluding carboxylic acids is 2. The van der Waals surface area contributed by atoms with E-state index in [9.17, 15) is 9.59 Å². The average molecular weight is 356 g/mol. The first-order valence-electron chi connectivity index (χ1n) is 8.42. The number of carbonyl (C=O) groups is 2. The molecule has 2 amide bonds. The molecule has 0 aliphatic heterocycles. The third-order valence-electron chi connectivity index (χ3n) is 3.73. The van der Waals surface area contributed by atoms with Crippen LogP contribution in [0.15, 0.2) is 48.5 Å². The molecule has 0 atom stereocenters. The first-order chi connectivity index (χ1) is 12.6. The van der Waals surface area contributed by atoms with Gasteiger partial charge >= 0.3 is 0 Å². The van der Waals surface area contributed by atoms with Crippen LogP contribution in [0.25, 0.3) is 0 Å². The van der Waals surface area contributed by atoms with Gasteiger partial charge in [0.1, 0.15) is 11.5 Å². The Morgan fingerprint density at radius 3 is 2.19 bits per heavy atom. The molecule has 2 aromatic carbocycles. The van der Waals surface area contributed by atoms with Crippen LogP contribution in [0.2, 0.25) is 0 Å². The van der Waals surface area contributed by atoms with Crippen molar-refractivity contribution in [2.75, 3.05) is 26.8 Å². The number of rotatable bonds is 9. The Labute approximate surface area is 153 Å². The Morgan fingerprint density at radius 1 is 0.885 bits per heavy atom. The van der Waals surface area contributed by atoms with Crippen LogP contribution in [-0.2, 0) is 16.0 Å². The lowest BCUT2D eigenvalue weighted by Crippen LogP contribution is -2.39. The fourth-order valence-electron chi connectivity index (χ4n) is 2.21. The quantitative estimate of drug-likeness (QED) is 0.719. The Bertz CT molecular complexity index is 712. The van der Waals surface area contributed by atoms with Crippen LogP contribution >= 0.6 is 0 Å². The topological polar surface area (TPSA) is 76.7 Å². The summed E-state index contributed by atoms with van der Waals surface area (Å²) >= 11 is 0. The highest BCUT2D eigenvalue weighted by Crippen LogP contribution is 2.11. The molecule has 0 radical (unpaired) electrons. The van der Waals surface area contributed by atoms with E-state index in [0.717, 1.165) is 16.9 Å². The summed E-state index contributed by atoms with van der Waals surface area (Å²) in [6.45, 7) is 2.28. The minimum absolute atomic E-state index is 0.0707. The van der Waals surface area contributed by atoms with E-state index in [1.165, 1.54) is 0 Å². The third-order valence-corrected chi connectivity index (χ3v) is 3.73. The molecule has 0 fully saturated rings. The zero-order chi connectivity index (χ0) is 18.8. The zero-order valence-electron chi connectivity index (χ0n) is 15.1. The maximum Gasteiger partial charge on any atom is 0.258 e. The molecule has 2 N–H and O–H groups in total. The Hall–Kier alpha value is -3.02. The van der Waals surface area contributed by atoms with E-state index in [0.29, 0.717) is 18.7 Å². The van der Waals surface area contributed by atoms with Gasteiger partial charge in [0.15, 0.2) is 6.61 Å². The second-order valence-corrected chi connectivity index (χ2v) is 5.83. The van der Waals surface area contributed by atoms with Crippen LogP contribution in [0.3, 0.4) is 0 Å². The van der Waals surface area contributed by atoms with Gasteiger partial charge in [-0.05, 0) is 43.2 Å².